The standard InChI is InChI=1S/C15H15BrClNO3/c1-15(2,3)12-11(14(19)20-4)21-13(18-12)9-7-8(17)5-6-10(9)16/h5-7H,1-4H3. The van der Waals surface area contributed by atoms with E-state index in [1.165, 1.54) is 7.11 Å². The van der Waals surface area contributed by atoms with Crippen molar-refractivity contribution < 1.29 is 13.9 Å². The van der Waals surface area contributed by atoms with Gasteiger partial charge in [0.2, 0.25) is 11.7 Å². The van der Waals surface area contributed by atoms with Gasteiger partial charge in [0.1, 0.15) is 5.69 Å². The van der Waals surface area contributed by atoms with E-state index in [1.807, 2.05) is 20.8 Å². The summed E-state index contributed by atoms with van der Waals surface area (Å²) in [5, 5.41) is 0.559. The van der Waals surface area contributed by atoms with E-state index in [4.69, 9.17) is 20.8 Å². The van der Waals surface area contributed by atoms with Crippen LogP contribution in [0.3, 0.4) is 0 Å². The van der Waals surface area contributed by atoms with Gasteiger partial charge in [0.05, 0.1) is 12.7 Å². The number of ether oxygens (including phenoxy) is 1. The van der Waals surface area contributed by atoms with Crippen LogP contribution < -0.4 is 0 Å². The molecule has 0 aliphatic heterocycles. The van der Waals surface area contributed by atoms with E-state index in [-0.39, 0.29) is 11.2 Å². The molecule has 0 aliphatic carbocycles. The lowest BCUT2D eigenvalue weighted by atomic mass is 9.91. The molecule has 0 aliphatic rings. The number of oxazole rings is 1. The molecule has 1 aromatic heterocycles. The summed E-state index contributed by atoms with van der Waals surface area (Å²) in [7, 11) is 1.31. The number of aromatic nitrogens is 1. The molecule has 0 atom stereocenters. The van der Waals surface area contributed by atoms with Gasteiger partial charge in [-0.15, -0.1) is 0 Å². The molecule has 112 valence electrons. The first-order chi connectivity index (χ1) is 9.74. The van der Waals surface area contributed by atoms with Crippen LogP contribution in [0.15, 0.2) is 27.1 Å². The Hall–Kier alpha value is -1.33. The summed E-state index contributed by atoms with van der Waals surface area (Å²) >= 11 is 9.44. The highest BCUT2D eigenvalue weighted by molar-refractivity contribution is 9.10. The summed E-state index contributed by atoms with van der Waals surface area (Å²) in [5.41, 5.74) is 0.885. The van der Waals surface area contributed by atoms with E-state index in [0.717, 1.165) is 4.47 Å². The molecule has 0 unspecified atom stereocenters. The number of methoxy groups -OCH3 is 1. The first-order valence-corrected chi connectivity index (χ1v) is 7.46. The predicted octanol–water partition coefficient (Wildman–Crippen LogP) is 4.84. The minimum atomic E-state index is -0.545. The predicted molar refractivity (Wildman–Crippen MR) is 84.7 cm³/mol. The Labute approximate surface area is 136 Å². The number of carbonyl (C=O) groups excluding carboxylic acids is 1. The number of carbonyl (C=O) groups is 1. The molecule has 6 heteroatoms. The van der Waals surface area contributed by atoms with Crippen LogP contribution in [-0.4, -0.2) is 18.1 Å². The van der Waals surface area contributed by atoms with Crippen LogP contribution in [0.4, 0.5) is 0 Å². The first-order valence-electron chi connectivity index (χ1n) is 6.29. The Kier molecular flexibility index (Phi) is 4.44. The molecule has 0 bridgehead atoms. The van der Waals surface area contributed by atoms with Crippen molar-refractivity contribution in [1.82, 2.24) is 4.98 Å². The van der Waals surface area contributed by atoms with Crippen molar-refractivity contribution in [3.63, 3.8) is 0 Å². The Bertz CT molecular complexity index is 689. The lowest BCUT2D eigenvalue weighted by molar-refractivity contribution is 0.0562. The van der Waals surface area contributed by atoms with E-state index in [2.05, 4.69) is 20.9 Å². The molecule has 21 heavy (non-hydrogen) atoms. The second-order valence-corrected chi connectivity index (χ2v) is 6.85. The second-order valence-electron chi connectivity index (χ2n) is 5.56. The number of nitrogens with zero attached hydrogens (tertiary/aromatic N) is 1. The zero-order chi connectivity index (χ0) is 15.8. The van der Waals surface area contributed by atoms with Crippen molar-refractivity contribution in [1.29, 1.82) is 0 Å². The van der Waals surface area contributed by atoms with Gasteiger partial charge in [-0.25, -0.2) is 9.78 Å². The number of hydrogen-bond donors (Lipinski definition) is 0. The zero-order valence-corrected chi connectivity index (χ0v) is 14.5. The molecule has 1 heterocycles. The zero-order valence-electron chi connectivity index (χ0n) is 12.2. The third-order valence-electron chi connectivity index (χ3n) is 2.87. The van der Waals surface area contributed by atoms with Gasteiger partial charge < -0.3 is 9.15 Å². The number of esters is 1. The van der Waals surface area contributed by atoms with Crippen molar-refractivity contribution in [3.05, 3.63) is 39.1 Å². The third kappa shape index (κ3) is 3.30. The molecule has 2 rings (SSSR count). The topological polar surface area (TPSA) is 52.3 Å². The van der Waals surface area contributed by atoms with E-state index in [9.17, 15) is 4.79 Å². The Morgan fingerprint density at radius 1 is 1.38 bits per heavy atom. The average Bonchev–Trinajstić information content (AvgIpc) is 2.85. The normalized spacial score (nSPS) is 11.5. The molecule has 1 aromatic carbocycles. The molecule has 0 N–H and O–H groups in total. The van der Waals surface area contributed by atoms with Crippen LogP contribution in [0.2, 0.25) is 5.02 Å². The highest BCUT2D eigenvalue weighted by Crippen LogP contribution is 2.35. The fourth-order valence-electron chi connectivity index (χ4n) is 1.84. The van der Waals surface area contributed by atoms with Crippen molar-refractivity contribution >= 4 is 33.5 Å². The van der Waals surface area contributed by atoms with E-state index < -0.39 is 5.97 Å². The van der Waals surface area contributed by atoms with Crippen LogP contribution in [0, 0.1) is 0 Å². The van der Waals surface area contributed by atoms with Crippen LogP contribution in [0.5, 0.6) is 0 Å². The van der Waals surface area contributed by atoms with Crippen LogP contribution in [0.25, 0.3) is 11.5 Å². The van der Waals surface area contributed by atoms with E-state index in [0.29, 0.717) is 22.2 Å². The maximum Gasteiger partial charge on any atom is 0.376 e. The van der Waals surface area contributed by atoms with E-state index in [1.54, 1.807) is 18.2 Å². The SMILES string of the molecule is COC(=O)c1oc(-c2cc(Cl)ccc2Br)nc1C(C)(C)C. The number of hydrogen-bond acceptors (Lipinski definition) is 4. The Morgan fingerprint density at radius 3 is 2.62 bits per heavy atom. The van der Waals surface area contributed by atoms with Gasteiger partial charge >= 0.3 is 5.97 Å². The monoisotopic (exact) mass is 371 g/mol. The summed E-state index contributed by atoms with van der Waals surface area (Å²) in [6.45, 7) is 5.86. The molecule has 0 radical (unpaired) electrons. The van der Waals surface area contributed by atoms with Gasteiger partial charge in [-0.05, 0) is 34.1 Å². The van der Waals surface area contributed by atoms with Gasteiger partial charge in [-0.3, -0.25) is 0 Å². The van der Waals surface area contributed by atoms with E-state index >= 15 is 0 Å². The maximum absolute atomic E-state index is 11.9. The van der Waals surface area contributed by atoms with Gasteiger partial charge in [-0.1, -0.05) is 32.4 Å². The smallest absolute Gasteiger partial charge is 0.376 e. The molecule has 0 saturated carbocycles. The minimum absolute atomic E-state index is 0.117. The third-order valence-corrected chi connectivity index (χ3v) is 3.79. The van der Waals surface area contributed by atoms with Gasteiger partial charge in [-0.2, -0.15) is 0 Å². The summed E-state index contributed by atoms with van der Waals surface area (Å²) in [6.07, 6.45) is 0. The van der Waals surface area contributed by atoms with Crippen LogP contribution >= 0.6 is 27.5 Å². The Balaban J connectivity index is 2.64. The fraction of sp³-hybridized carbons (Fsp3) is 0.333. The lowest BCUT2D eigenvalue weighted by Gasteiger charge is -2.15. The largest absolute Gasteiger partial charge is 0.463 e. The van der Waals surface area contributed by atoms with Crippen molar-refractivity contribution in [2.45, 2.75) is 26.2 Å². The van der Waals surface area contributed by atoms with Gasteiger partial charge in [0, 0.05) is 14.9 Å². The van der Waals surface area contributed by atoms with Crippen molar-refractivity contribution in [2.75, 3.05) is 7.11 Å². The summed E-state index contributed by atoms with van der Waals surface area (Å²) in [4.78, 5) is 16.4. The molecular formula is C15H15BrClNO3. The van der Waals surface area contributed by atoms with Crippen LogP contribution in [0.1, 0.15) is 37.0 Å². The molecule has 0 spiro atoms. The summed E-state index contributed by atoms with van der Waals surface area (Å²) in [6, 6.07) is 5.28. The maximum atomic E-state index is 11.9. The molecule has 2 aromatic rings. The molecule has 0 amide bonds. The average molecular weight is 373 g/mol. The molecule has 4 nitrogen and oxygen atoms in total. The molecule has 0 fully saturated rings. The first kappa shape index (κ1) is 16.0. The Morgan fingerprint density at radius 2 is 2.05 bits per heavy atom. The minimum Gasteiger partial charge on any atom is -0.463 e. The van der Waals surface area contributed by atoms with Gasteiger partial charge in [0.25, 0.3) is 0 Å². The number of halogens is 2. The quantitative estimate of drug-likeness (QED) is 0.708. The fourth-order valence-corrected chi connectivity index (χ4v) is 2.42. The highest BCUT2D eigenvalue weighted by atomic mass is 79.9. The molecular weight excluding hydrogens is 358 g/mol. The van der Waals surface area contributed by atoms with Crippen LogP contribution in [-0.2, 0) is 10.2 Å². The van der Waals surface area contributed by atoms with Crippen molar-refractivity contribution in [2.24, 2.45) is 0 Å². The lowest BCUT2D eigenvalue weighted by Crippen LogP contribution is -2.17. The highest BCUT2D eigenvalue weighted by Gasteiger charge is 2.30. The van der Waals surface area contributed by atoms with Crippen molar-refractivity contribution in [3.8, 4) is 11.5 Å². The number of rotatable bonds is 2. The molecule has 0 saturated heterocycles. The number of benzene rings is 1. The second kappa shape index (κ2) is 5.81. The summed E-state index contributed by atoms with van der Waals surface area (Å²) < 4.78 is 11.2. The summed E-state index contributed by atoms with van der Waals surface area (Å²) in [5.74, 6) is -0.0987. The van der Waals surface area contributed by atoms with Gasteiger partial charge in [0.15, 0.2) is 0 Å².